The molecule has 0 amide bonds. The summed E-state index contributed by atoms with van der Waals surface area (Å²) in [5, 5.41) is 10.3. The molecule has 0 saturated heterocycles. The molecule has 1 N–H and O–H groups in total. The maximum Gasteiger partial charge on any atom is 0.131 e. The maximum atomic E-state index is 10.3. The Morgan fingerprint density at radius 1 is 1.38 bits per heavy atom. The summed E-state index contributed by atoms with van der Waals surface area (Å²) in [6, 6.07) is 0. The molecular formula is C12H18O. The molecule has 3 atom stereocenters. The summed E-state index contributed by atoms with van der Waals surface area (Å²) >= 11 is 0. The van der Waals surface area contributed by atoms with Crippen LogP contribution >= 0.6 is 0 Å². The van der Waals surface area contributed by atoms with Crippen LogP contribution in [0.5, 0.6) is 0 Å². The highest BCUT2D eigenvalue weighted by atomic mass is 16.3. The second kappa shape index (κ2) is 2.12. The Balaban J connectivity index is 2.51. The lowest BCUT2D eigenvalue weighted by molar-refractivity contribution is -0.0431. The highest BCUT2D eigenvalue weighted by molar-refractivity contribution is 5.27. The fourth-order valence-electron chi connectivity index (χ4n) is 3.49. The number of aliphatic hydroxyl groups is 1. The van der Waals surface area contributed by atoms with Gasteiger partial charge in [0.15, 0.2) is 0 Å². The van der Waals surface area contributed by atoms with Gasteiger partial charge in [-0.3, -0.25) is 0 Å². The van der Waals surface area contributed by atoms with Crippen molar-refractivity contribution in [3.63, 3.8) is 0 Å². The predicted molar refractivity (Wildman–Crippen MR) is 53.0 cm³/mol. The Labute approximate surface area is 80.5 Å². The zero-order chi connectivity index (χ0) is 9.91. The molecule has 0 unspecified atom stereocenters. The Morgan fingerprint density at radius 3 is 2.23 bits per heavy atom. The number of hydrogen-bond acceptors (Lipinski definition) is 1. The van der Waals surface area contributed by atoms with E-state index < -0.39 is 5.60 Å². The maximum absolute atomic E-state index is 10.3. The largest absolute Gasteiger partial charge is 0.377 e. The van der Waals surface area contributed by atoms with Crippen LogP contribution in [0.25, 0.3) is 0 Å². The van der Waals surface area contributed by atoms with Crippen molar-refractivity contribution in [1.82, 2.24) is 0 Å². The monoisotopic (exact) mass is 178 g/mol. The van der Waals surface area contributed by atoms with Crippen LogP contribution in [0.2, 0.25) is 0 Å². The minimum Gasteiger partial charge on any atom is -0.377 e. The van der Waals surface area contributed by atoms with Gasteiger partial charge in [-0.2, -0.15) is 0 Å². The molecule has 0 aromatic rings. The van der Waals surface area contributed by atoms with Crippen molar-refractivity contribution in [2.75, 3.05) is 0 Å². The van der Waals surface area contributed by atoms with E-state index in [1.165, 1.54) is 6.42 Å². The first-order valence-electron chi connectivity index (χ1n) is 5.07. The van der Waals surface area contributed by atoms with Gasteiger partial charge in [0.1, 0.15) is 5.60 Å². The molecular weight excluding hydrogens is 160 g/mol. The van der Waals surface area contributed by atoms with E-state index in [0.29, 0.717) is 5.92 Å². The van der Waals surface area contributed by atoms with Gasteiger partial charge in [0.25, 0.3) is 0 Å². The number of rotatable bonds is 0. The molecule has 1 heteroatoms. The van der Waals surface area contributed by atoms with Crippen LogP contribution in [0.4, 0.5) is 0 Å². The van der Waals surface area contributed by atoms with Crippen LogP contribution in [-0.2, 0) is 0 Å². The highest BCUT2D eigenvalue weighted by Gasteiger charge is 2.67. The number of fused-ring (bicyclic) bond motifs is 2. The van der Waals surface area contributed by atoms with Gasteiger partial charge in [0, 0.05) is 5.41 Å². The number of hydrogen-bond donors (Lipinski definition) is 1. The van der Waals surface area contributed by atoms with Gasteiger partial charge in [0.2, 0.25) is 0 Å². The molecule has 2 aliphatic carbocycles. The van der Waals surface area contributed by atoms with E-state index >= 15 is 0 Å². The van der Waals surface area contributed by atoms with Gasteiger partial charge in [0.05, 0.1) is 0 Å². The van der Waals surface area contributed by atoms with E-state index in [9.17, 15) is 5.11 Å². The summed E-state index contributed by atoms with van der Waals surface area (Å²) in [6.45, 7) is 6.65. The summed E-state index contributed by atoms with van der Waals surface area (Å²) in [5.74, 6) is 3.23. The third-order valence-corrected chi connectivity index (χ3v) is 5.13. The van der Waals surface area contributed by atoms with Crippen LogP contribution in [-0.4, -0.2) is 10.7 Å². The van der Waals surface area contributed by atoms with E-state index in [-0.39, 0.29) is 10.8 Å². The molecule has 2 rings (SSSR count). The molecule has 2 aliphatic rings. The highest BCUT2D eigenvalue weighted by Crippen LogP contribution is 2.69. The lowest BCUT2D eigenvalue weighted by Crippen LogP contribution is -2.45. The normalized spacial score (nSPS) is 52.1. The molecule has 0 aromatic heterocycles. The fourth-order valence-corrected chi connectivity index (χ4v) is 3.49. The van der Waals surface area contributed by atoms with E-state index in [1.54, 1.807) is 0 Å². The van der Waals surface area contributed by atoms with Gasteiger partial charge in [-0.15, -0.1) is 6.42 Å². The Kier molecular flexibility index (Phi) is 1.48. The smallest absolute Gasteiger partial charge is 0.131 e. The summed E-state index contributed by atoms with van der Waals surface area (Å²) in [7, 11) is 0. The zero-order valence-corrected chi connectivity index (χ0v) is 8.72. The minimum absolute atomic E-state index is 0.0700. The van der Waals surface area contributed by atoms with E-state index in [1.807, 2.05) is 0 Å². The van der Waals surface area contributed by atoms with Crippen molar-refractivity contribution in [3.05, 3.63) is 0 Å². The molecule has 13 heavy (non-hydrogen) atoms. The number of terminal acetylenes is 1. The summed E-state index contributed by atoms with van der Waals surface area (Å²) in [5.41, 5.74) is -0.715. The van der Waals surface area contributed by atoms with Gasteiger partial charge in [-0.05, 0) is 30.6 Å². The molecule has 0 aliphatic heterocycles. The molecule has 2 fully saturated rings. The average Bonchev–Trinajstić information content (AvgIpc) is 2.36. The predicted octanol–water partition coefficient (Wildman–Crippen LogP) is 2.20. The second-order valence-corrected chi connectivity index (χ2v) is 5.50. The van der Waals surface area contributed by atoms with Gasteiger partial charge in [-0.25, -0.2) is 0 Å². The van der Waals surface area contributed by atoms with Crippen molar-refractivity contribution in [1.29, 1.82) is 0 Å². The summed E-state index contributed by atoms with van der Waals surface area (Å²) in [6.07, 6.45) is 8.56. The zero-order valence-electron chi connectivity index (χ0n) is 8.72. The van der Waals surface area contributed by atoms with Crippen molar-refractivity contribution >= 4 is 0 Å². The Bertz CT molecular complexity index is 286. The lowest BCUT2D eigenvalue weighted by atomic mass is 9.65. The molecule has 72 valence electrons. The summed E-state index contributed by atoms with van der Waals surface area (Å²) < 4.78 is 0. The van der Waals surface area contributed by atoms with Crippen molar-refractivity contribution in [2.24, 2.45) is 16.7 Å². The molecule has 2 saturated carbocycles. The molecule has 1 nitrogen and oxygen atoms in total. The quantitative estimate of drug-likeness (QED) is 0.564. The van der Waals surface area contributed by atoms with Crippen molar-refractivity contribution < 1.29 is 5.11 Å². The van der Waals surface area contributed by atoms with Gasteiger partial charge in [-0.1, -0.05) is 26.7 Å². The topological polar surface area (TPSA) is 20.2 Å². The van der Waals surface area contributed by atoms with Crippen LogP contribution < -0.4 is 0 Å². The molecule has 2 bridgehead atoms. The molecule has 0 radical (unpaired) electrons. The third kappa shape index (κ3) is 0.742. The second-order valence-electron chi connectivity index (χ2n) is 5.50. The SMILES string of the molecule is C#C[C@]1(O)C[C@H]2CC[C@]1(C)C2(C)C. The fraction of sp³-hybridized carbons (Fsp3) is 0.833. The van der Waals surface area contributed by atoms with Crippen LogP contribution in [0.3, 0.4) is 0 Å². The lowest BCUT2D eigenvalue weighted by Gasteiger charge is -2.42. The standard InChI is InChI=1S/C12H18O/c1-5-12(13)8-9-6-7-11(12,4)10(9,2)3/h1,9,13H,6-8H2,2-4H3/t9-,11-,12+/m1/s1. The average molecular weight is 178 g/mol. The van der Waals surface area contributed by atoms with Crippen LogP contribution in [0.1, 0.15) is 40.0 Å². The molecule has 0 spiro atoms. The van der Waals surface area contributed by atoms with Crippen LogP contribution in [0, 0.1) is 29.1 Å². The first-order valence-corrected chi connectivity index (χ1v) is 5.07. The third-order valence-electron chi connectivity index (χ3n) is 5.13. The minimum atomic E-state index is -0.848. The molecule has 0 aromatic carbocycles. The van der Waals surface area contributed by atoms with Crippen molar-refractivity contribution in [2.45, 2.75) is 45.6 Å². The van der Waals surface area contributed by atoms with Crippen LogP contribution in [0.15, 0.2) is 0 Å². The Morgan fingerprint density at radius 2 is 2.00 bits per heavy atom. The Hall–Kier alpha value is -0.480. The van der Waals surface area contributed by atoms with Gasteiger partial charge < -0.3 is 5.11 Å². The molecule has 0 heterocycles. The van der Waals surface area contributed by atoms with Crippen molar-refractivity contribution in [3.8, 4) is 12.3 Å². The van der Waals surface area contributed by atoms with E-state index in [0.717, 1.165) is 12.8 Å². The van der Waals surface area contributed by atoms with Gasteiger partial charge >= 0.3 is 0 Å². The first-order chi connectivity index (χ1) is 5.87. The van der Waals surface area contributed by atoms with E-state index in [2.05, 4.69) is 26.7 Å². The first kappa shape index (κ1) is 9.09. The summed E-state index contributed by atoms with van der Waals surface area (Å²) in [4.78, 5) is 0. The van der Waals surface area contributed by atoms with E-state index in [4.69, 9.17) is 6.42 Å².